The number of hydrogen-bond donors (Lipinski definition) is 2. The van der Waals surface area contributed by atoms with E-state index in [1.165, 1.54) is 0 Å². The molecule has 0 rings (SSSR count). The first-order valence-electron chi connectivity index (χ1n) is 4.86. The highest BCUT2D eigenvalue weighted by Gasteiger charge is 2.19. The molecule has 0 aromatic heterocycles. The van der Waals surface area contributed by atoms with Gasteiger partial charge in [-0.1, -0.05) is 6.92 Å². The maximum Gasteiger partial charge on any atom is 0.373 e. The van der Waals surface area contributed by atoms with Crippen molar-refractivity contribution in [1.29, 1.82) is 0 Å². The van der Waals surface area contributed by atoms with Gasteiger partial charge in [-0.25, -0.2) is 0 Å². The van der Waals surface area contributed by atoms with Crippen molar-refractivity contribution in [1.82, 2.24) is 5.23 Å². The molecule has 0 radical (unpaired) electrons. The number of ether oxygens (including phenoxy) is 1. The molecule has 0 aliphatic rings. The fraction of sp³-hybridized carbons (Fsp3) is 0.889. The van der Waals surface area contributed by atoms with Gasteiger partial charge in [-0.15, -0.1) is 0 Å². The van der Waals surface area contributed by atoms with Crippen LogP contribution in [0.25, 0.3) is 0 Å². The lowest BCUT2D eigenvalue weighted by molar-refractivity contribution is -0.155. The average Bonchev–Trinajstić information content (AvgIpc) is 1.77. The van der Waals surface area contributed by atoms with E-state index >= 15 is 0 Å². The first-order valence-corrected chi connectivity index (χ1v) is 4.86. The molecule has 0 aliphatic heterocycles. The van der Waals surface area contributed by atoms with E-state index in [9.17, 15) is 4.79 Å². The third kappa shape index (κ3) is 8.07. The van der Waals surface area contributed by atoms with Crippen LogP contribution in [0.3, 0.4) is 0 Å². The van der Waals surface area contributed by atoms with Crippen molar-refractivity contribution >= 4 is 13.0 Å². The second kappa shape index (κ2) is 5.36. The lowest BCUT2D eigenvalue weighted by Crippen LogP contribution is -2.40. The molecule has 4 nitrogen and oxygen atoms in total. The van der Waals surface area contributed by atoms with Crippen LogP contribution in [0.4, 0.5) is 0 Å². The van der Waals surface area contributed by atoms with Gasteiger partial charge < -0.3 is 15.0 Å². The molecular weight excluding hydrogens is 181 g/mol. The second-order valence-corrected chi connectivity index (χ2v) is 4.53. The summed E-state index contributed by atoms with van der Waals surface area (Å²) in [5.74, 6) is -0.252. The Balaban J connectivity index is 3.83. The molecule has 0 heterocycles. The number of nitrogens with one attached hydrogen (secondary N) is 1. The van der Waals surface area contributed by atoms with Gasteiger partial charge in [0.1, 0.15) is 5.60 Å². The maximum atomic E-state index is 11.3. The zero-order valence-electron chi connectivity index (χ0n) is 9.63. The summed E-state index contributed by atoms with van der Waals surface area (Å²) in [4.78, 5) is 11.3. The molecule has 0 amide bonds. The Hall–Kier alpha value is -0.545. The number of esters is 1. The van der Waals surface area contributed by atoms with Crippen LogP contribution in [0.5, 0.6) is 0 Å². The number of rotatable bonds is 4. The van der Waals surface area contributed by atoms with E-state index in [4.69, 9.17) is 9.76 Å². The molecule has 0 spiro atoms. The Kier molecular flexibility index (Phi) is 5.16. The van der Waals surface area contributed by atoms with E-state index in [0.29, 0.717) is 0 Å². The molecule has 0 aromatic rings. The third-order valence-corrected chi connectivity index (χ3v) is 1.42. The summed E-state index contributed by atoms with van der Waals surface area (Å²) >= 11 is 0. The van der Waals surface area contributed by atoms with Gasteiger partial charge in [-0.2, -0.15) is 0 Å². The van der Waals surface area contributed by atoms with E-state index in [1.807, 2.05) is 27.7 Å². The van der Waals surface area contributed by atoms with Crippen LogP contribution in [0.15, 0.2) is 0 Å². The van der Waals surface area contributed by atoms with Crippen molar-refractivity contribution in [3.63, 3.8) is 0 Å². The Morgan fingerprint density at radius 3 is 2.43 bits per heavy atom. The van der Waals surface area contributed by atoms with E-state index in [2.05, 4.69) is 5.23 Å². The largest absolute Gasteiger partial charge is 0.460 e. The fourth-order valence-corrected chi connectivity index (χ4v) is 1.10. The van der Waals surface area contributed by atoms with Crippen molar-refractivity contribution in [2.24, 2.45) is 0 Å². The van der Waals surface area contributed by atoms with Gasteiger partial charge in [0.25, 0.3) is 0 Å². The summed E-state index contributed by atoms with van der Waals surface area (Å²) in [5, 5.41) is 11.8. The van der Waals surface area contributed by atoms with E-state index in [0.717, 1.165) is 0 Å². The predicted octanol–water partition coefficient (Wildman–Crippen LogP) is 0.807. The van der Waals surface area contributed by atoms with Crippen LogP contribution in [0.2, 0.25) is 6.82 Å². The molecule has 14 heavy (non-hydrogen) atoms. The lowest BCUT2D eigenvalue weighted by Gasteiger charge is -2.21. The van der Waals surface area contributed by atoms with Gasteiger partial charge in [-0.05, 0) is 27.6 Å². The fourth-order valence-electron chi connectivity index (χ4n) is 1.10. The standard InChI is InChI=1S/C9H20BNO3/c1-7(11-10(5)13)6-8(12)14-9(2,3)4/h7,11,13H,6H2,1-5H3/t7-/m0/s1. The van der Waals surface area contributed by atoms with Gasteiger partial charge in [0.2, 0.25) is 0 Å². The molecule has 0 fully saturated rings. The van der Waals surface area contributed by atoms with Crippen LogP contribution < -0.4 is 5.23 Å². The van der Waals surface area contributed by atoms with Gasteiger partial charge in [0.15, 0.2) is 0 Å². The minimum atomic E-state index is -0.604. The molecule has 82 valence electrons. The first-order chi connectivity index (χ1) is 6.20. The smallest absolute Gasteiger partial charge is 0.373 e. The van der Waals surface area contributed by atoms with Crippen LogP contribution in [0.1, 0.15) is 34.1 Å². The highest BCUT2D eigenvalue weighted by Crippen LogP contribution is 2.09. The minimum Gasteiger partial charge on any atom is -0.460 e. The normalized spacial score (nSPS) is 13.6. The highest BCUT2D eigenvalue weighted by molar-refractivity contribution is 6.45. The number of carbonyl (C=O) groups is 1. The Morgan fingerprint density at radius 2 is 2.07 bits per heavy atom. The van der Waals surface area contributed by atoms with E-state index in [1.54, 1.807) is 6.82 Å². The van der Waals surface area contributed by atoms with Gasteiger partial charge in [0, 0.05) is 6.04 Å². The third-order valence-electron chi connectivity index (χ3n) is 1.42. The molecule has 2 N–H and O–H groups in total. The Morgan fingerprint density at radius 1 is 1.57 bits per heavy atom. The van der Waals surface area contributed by atoms with Gasteiger partial charge >= 0.3 is 13.0 Å². The quantitative estimate of drug-likeness (QED) is 0.521. The van der Waals surface area contributed by atoms with Crippen molar-refractivity contribution in [3.8, 4) is 0 Å². The SMILES string of the molecule is CB(O)N[C@@H](C)CC(=O)OC(C)(C)C. The molecule has 0 saturated carbocycles. The van der Waals surface area contributed by atoms with Crippen LogP contribution >= 0.6 is 0 Å². The topological polar surface area (TPSA) is 58.6 Å². The summed E-state index contributed by atoms with van der Waals surface area (Å²) in [7, 11) is -0.604. The van der Waals surface area contributed by atoms with E-state index in [-0.39, 0.29) is 18.4 Å². The van der Waals surface area contributed by atoms with E-state index < -0.39 is 12.7 Å². The summed E-state index contributed by atoms with van der Waals surface area (Å²) < 4.78 is 5.13. The molecule has 0 unspecified atom stereocenters. The predicted molar refractivity (Wildman–Crippen MR) is 56.9 cm³/mol. The second-order valence-electron chi connectivity index (χ2n) is 4.53. The Bertz CT molecular complexity index is 189. The van der Waals surface area contributed by atoms with Crippen LogP contribution in [-0.4, -0.2) is 29.7 Å². The van der Waals surface area contributed by atoms with Gasteiger partial charge in [0.05, 0.1) is 6.42 Å². The average molecular weight is 201 g/mol. The monoisotopic (exact) mass is 201 g/mol. The summed E-state index contributed by atoms with van der Waals surface area (Å²) in [6.07, 6.45) is 0.266. The van der Waals surface area contributed by atoms with Gasteiger partial charge in [-0.3, -0.25) is 4.79 Å². The minimum absolute atomic E-state index is 0.0788. The highest BCUT2D eigenvalue weighted by atomic mass is 16.6. The molecule has 1 atom stereocenters. The lowest BCUT2D eigenvalue weighted by atomic mass is 9.87. The summed E-state index contributed by atoms with van der Waals surface area (Å²) in [6, 6.07) is -0.0788. The first kappa shape index (κ1) is 13.5. The summed E-state index contributed by atoms with van der Waals surface area (Å²) in [6.45, 7) is 8.94. The van der Waals surface area contributed by atoms with Crippen LogP contribution in [0, 0.1) is 0 Å². The maximum absolute atomic E-state index is 11.3. The molecule has 0 aromatic carbocycles. The van der Waals surface area contributed by atoms with Crippen molar-refractivity contribution in [2.75, 3.05) is 0 Å². The van der Waals surface area contributed by atoms with Crippen molar-refractivity contribution in [2.45, 2.75) is 52.6 Å². The van der Waals surface area contributed by atoms with Crippen molar-refractivity contribution < 1.29 is 14.6 Å². The summed E-state index contributed by atoms with van der Waals surface area (Å²) in [5.41, 5.74) is -0.443. The zero-order valence-corrected chi connectivity index (χ0v) is 9.63. The number of carbonyl (C=O) groups excluding carboxylic acids is 1. The zero-order chi connectivity index (χ0) is 11.4. The Labute approximate surface area is 86.2 Å². The molecular formula is C9H20BNO3. The molecule has 0 aliphatic carbocycles. The molecule has 5 heteroatoms. The molecule has 0 bridgehead atoms. The number of hydrogen-bond acceptors (Lipinski definition) is 4. The molecule has 0 saturated heterocycles. The van der Waals surface area contributed by atoms with Crippen LogP contribution in [-0.2, 0) is 9.53 Å². The van der Waals surface area contributed by atoms with Crippen molar-refractivity contribution in [3.05, 3.63) is 0 Å².